The first kappa shape index (κ1) is 17.1. The molecule has 0 bridgehead atoms. The van der Waals surface area contributed by atoms with Gasteiger partial charge in [-0.05, 0) is 36.4 Å². The maximum absolute atomic E-state index is 13.3. The van der Waals surface area contributed by atoms with Gasteiger partial charge in [-0.1, -0.05) is 29.8 Å². The van der Waals surface area contributed by atoms with Crippen molar-refractivity contribution in [2.45, 2.75) is 0 Å². The highest BCUT2D eigenvalue weighted by atomic mass is 35.5. The zero-order chi connectivity index (χ0) is 18.8. The van der Waals surface area contributed by atoms with Crippen LogP contribution in [-0.4, -0.2) is 16.0 Å². The lowest BCUT2D eigenvalue weighted by atomic mass is 10.1. The van der Waals surface area contributed by atoms with E-state index in [1.165, 1.54) is 18.2 Å². The van der Waals surface area contributed by atoms with Gasteiger partial charge in [-0.2, -0.15) is 0 Å². The number of H-pyrrole nitrogens is 1. The number of halogens is 2. The van der Waals surface area contributed by atoms with Crippen molar-refractivity contribution in [3.05, 3.63) is 77.8 Å². The number of aromatic nitrogens is 2. The molecule has 0 saturated heterocycles. The van der Waals surface area contributed by atoms with Crippen molar-refractivity contribution in [3.63, 3.8) is 0 Å². The second-order valence-corrected chi connectivity index (χ2v) is 6.28. The lowest BCUT2D eigenvalue weighted by Crippen LogP contribution is -2.19. The summed E-state index contributed by atoms with van der Waals surface area (Å²) in [5, 5.41) is 6.33. The molecule has 4 aromatic rings. The number of benzene rings is 2. The van der Waals surface area contributed by atoms with Crippen LogP contribution in [-0.2, 0) is 0 Å². The summed E-state index contributed by atoms with van der Waals surface area (Å²) in [4.78, 5) is 20.0. The van der Waals surface area contributed by atoms with Crippen LogP contribution in [0.1, 0.15) is 0 Å². The highest BCUT2D eigenvalue weighted by Crippen LogP contribution is 2.34. The second kappa shape index (κ2) is 7.09. The number of fused-ring (bicyclic) bond motifs is 1. The van der Waals surface area contributed by atoms with E-state index in [0.717, 1.165) is 22.2 Å². The minimum Gasteiger partial charge on any atom is -0.353 e. The lowest BCUT2D eigenvalue weighted by molar-refractivity contribution is 0.262. The molecule has 0 aliphatic heterocycles. The molecule has 134 valence electrons. The number of urea groups is 1. The molecule has 2 amide bonds. The van der Waals surface area contributed by atoms with Crippen LogP contribution in [0, 0.1) is 5.82 Å². The number of carbonyl (C=O) groups is 1. The van der Waals surface area contributed by atoms with E-state index in [-0.39, 0.29) is 5.02 Å². The SMILES string of the molecule is O=C(Nc1ccc(F)c(Cl)c1)Nc1c(-c2cccnc2)[nH]c2ccccc12. The first-order valence-corrected chi connectivity index (χ1v) is 8.54. The minimum absolute atomic E-state index is 0.0593. The predicted octanol–water partition coefficient (Wildman–Crippen LogP) is 5.67. The molecule has 0 spiro atoms. The Morgan fingerprint density at radius 1 is 1.07 bits per heavy atom. The molecule has 2 aromatic carbocycles. The van der Waals surface area contributed by atoms with E-state index in [0.29, 0.717) is 11.4 Å². The molecule has 0 fully saturated rings. The number of hydrogen-bond acceptors (Lipinski definition) is 2. The average Bonchev–Trinajstić information content (AvgIpc) is 3.04. The molecular formula is C20H14ClFN4O. The number of hydrogen-bond donors (Lipinski definition) is 3. The van der Waals surface area contributed by atoms with Gasteiger partial charge in [0.2, 0.25) is 0 Å². The predicted molar refractivity (Wildman–Crippen MR) is 106 cm³/mol. The van der Waals surface area contributed by atoms with Crippen LogP contribution in [0.15, 0.2) is 67.0 Å². The molecule has 0 saturated carbocycles. The summed E-state index contributed by atoms with van der Waals surface area (Å²) in [6.45, 7) is 0. The monoisotopic (exact) mass is 380 g/mol. The van der Waals surface area contributed by atoms with Gasteiger partial charge < -0.3 is 15.6 Å². The van der Waals surface area contributed by atoms with E-state index >= 15 is 0 Å². The van der Waals surface area contributed by atoms with Gasteiger partial charge in [-0.3, -0.25) is 4.98 Å². The largest absolute Gasteiger partial charge is 0.353 e. The first-order valence-electron chi connectivity index (χ1n) is 8.16. The zero-order valence-electron chi connectivity index (χ0n) is 14.0. The Bertz CT molecular complexity index is 1130. The number of nitrogens with one attached hydrogen (secondary N) is 3. The molecule has 27 heavy (non-hydrogen) atoms. The van der Waals surface area contributed by atoms with Gasteiger partial charge in [-0.25, -0.2) is 9.18 Å². The van der Waals surface area contributed by atoms with Crippen LogP contribution in [0.3, 0.4) is 0 Å². The van der Waals surface area contributed by atoms with E-state index < -0.39 is 11.8 Å². The van der Waals surface area contributed by atoms with Gasteiger partial charge in [0.25, 0.3) is 0 Å². The number of pyridine rings is 1. The smallest absolute Gasteiger partial charge is 0.323 e. The van der Waals surface area contributed by atoms with Gasteiger partial charge >= 0.3 is 6.03 Å². The molecule has 0 radical (unpaired) electrons. The molecule has 3 N–H and O–H groups in total. The molecule has 2 aromatic heterocycles. The Morgan fingerprint density at radius 2 is 1.93 bits per heavy atom. The van der Waals surface area contributed by atoms with Gasteiger partial charge in [0.1, 0.15) is 5.82 Å². The standard InChI is InChI=1S/C20H14ClFN4O/c21-15-10-13(7-8-16(15)22)24-20(27)26-19-14-5-1-2-6-17(14)25-18(19)12-4-3-9-23-11-12/h1-11,25H,(H2,24,26,27). The summed E-state index contributed by atoms with van der Waals surface area (Å²) in [6, 6.07) is 14.9. The summed E-state index contributed by atoms with van der Waals surface area (Å²) in [7, 11) is 0. The van der Waals surface area contributed by atoms with Crippen molar-refractivity contribution in [2.24, 2.45) is 0 Å². The first-order chi connectivity index (χ1) is 13.1. The van der Waals surface area contributed by atoms with Crippen LogP contribution in [0.25, 0.3) is 22.2 Å². The Kier molecular flexibility index (Phi) is 4.48. The highest BCUT2D eigenvalue weighted by molar-refractivity contribution is 6.31. The molecule has 4 rings (SSSR count). The Balaban J connectivity index is 1.68. The Labute approximate surface area is 159 Å². The van der Waals surface area contributed by atoms with Crippen LogP contribution < -0.4 is 10.6 Å². The zero-order valence-corrected chi connectivity index (χ0v) is 14.7. The third kappa shape index (κ3) is 3.47. The van der Waals surface area contributed by atoms with E-state index in [4.69, 9.17) is 11.6 Å². The Morgan fingerprint density at radius 3 is 2.70 bits per heavy atom. The van der Waals surface area contributed by atoms with Crippen molar-refractivity contribution < 1.29 is 9.18 Å². The van der Waals surface area contributed by atoms with Crippen LogP contribution in [0.4, 0.5) is 20.6 Å². The Hall–Kier alpha value is -3.38. The van der Waals surface area contributed by atoms with Crippen LogP contribution in [0.5, 0.6) is 0 Å². The summed E-state index contributed by atoms with van der Waals surface area (Å²) >= 11 is 5.76. The second-order valence-electron chi connectivity index (χ2n) is 5.87. The number of anilines is 2. The fraction of sp³-hybridized carbons (Fsp3) is 0. The maximum atomic E-state index is 13.3. The van der Waals surface area contributed by atoms with E-state index in [1.54, 1.807) is 12.4 Å². The molecule has 0 aliphatic rings. The quantitative estimate of drug-likeness (QED) is 0.428. The van der Waals surface area contributed by atoms with Crippen molar-refractivity contribution >= 4 is 39.9 Å². The molecule has 5 nitrogen and oxygen atoms in total. The minimum atomic E-state index is -0.543. The summed E-state index contributed by atoms with van der Waals surface area (Å²) < 4.78 is 13.3. The van der Waals surface area contributed by atoms with Crippen LogP contribution in [0.2, 0.25) is 5.02 Å². The van der Waals surface area contributed by atoms with E-state index in [2.05, 4.69) is 20.6 Å². The van der Waals surface area contributed by atoms with Crippen molar-refractivity contribution in [3.8, 4) is 11.3 Å². The molecule has 2 heterocycles. The number of para-hydroxylation sites is 1. The summed E-state index contributed by atoms with van der Waals surface area (Å²) in [6.07, 6.45) is 3.40. The fourth-order valence-electron chi connectivity index (χ4n) is 2.85. The lowest BCUT2D eigenvalue weighted by Gasteiger charge is -2.10. The third-order valence-electron chi connectivity index (χ3n) is 4.07. The van der Waals surface area contributed by atoms with Gasteiger partial charge in [0.15, 0.2) is 0 Å². The number of aromatic amines is 1. The average molecular weight is 381 g/mol. The maximum Gasteiger partial charge on any atom is 0.323 e. The summed E-state index contributed by atoms with van der Waals surface area (Å²) in [5.74, 6) is -0.543. The van der Waals surface area contributed by atoms with Crippen LogP contribution >= 0.6 is 11.6 Å². The topological polar surface area (TPSA) is 69.8 Å². The van der Waals surface area contributed by atoms with Gasteiger partial charge in [0.05, 0.1) is 16.4 Å². The van der Waals surface area contributed by atoms with Crippen molar-refractivity contribution in [1.29, 1.82) is 0 Å². The summed E-state index contributed by atoms with van der Waals surface area (Å²) in [5.41, 5.74) is 3.49. The van der Waals surface area contributed by atoms with Gasteiger partial charge in [0, 0.05) is 34.5 Å². The molecule has 0 unspecified atom stereocenters. The molecule has 0 atom stereocenters. The molecular weight excluding hydrogens is 367 g/mol. The van der Waals surface area contributed by atoms with Gasteiger partial charge in [-0.15, -0.1) is 0 Å². The van der Waals surface area contributed by atoms with Crippen molar-refractivity contribution in [1.82, 2.24) is 9.97 Å². The molecule has 0 aliphatic carbocycles. The van der Waals surface area contributed by atoms with E-state index in [1.807, 2.05) is 36.4 Å². The highest BCUT2D eigenvalue weighted by Gasteiger charge is 2.16. The number of carbonyl (C=O) groups excluding carboxylic acids is 1. The van der Waals surface area contributed by atoms with Crippen molar-refractivity contribution in [2.75, 3.05) is 10.6 Å². The number of nitrogens with zero attached hydrogens (tertiary/aromatic N) is 1. The number of rotatable bonds is 3. The third-order valence-corrected chi connectivity index (χ3v) is 4.36. The fourth-order valence-corrected chi connectivity index (χ4v) is 3.03. The normalized spacial score (nSPS) is 10.7. The molecule has 7 heteroatoms. The number of amides is 2. The van der Waals surface area contributed by atoms with E-state index in [9.17, 15) is 9.18 Å².